The first-order chi connectivity index (χ1) is 10.5. The largest absolute Gasteiger partial charge is 0.497 e. The van der Waals surface area contributed by atoms with E-state index in [-0.39, 0.29) is 18.1 Å². The first-order valence-electron chi connectivity index (χ1n) is 7.60. The first kappa shape index (κ1) is 16.4. The summed E-state index contributed by atoms with van der Waals surface area (Å²) >= 11 is 0. The van der Waals surface area contributed by atoms with Crippen LogP contribution in [0.1, 0.15) is 32.3 Å². The Labute approximate surface area is 131 Å². The number of benzene rings is 1. The third-order valence-corrected chi connectivity index (χ3v) is 4.23. The van der Waals surface area contributed by atoms with E-state index in [0.717, 1.165) is 29.9 Å². The zero-order chi connectivity index (χ0) is 16.2. The van der Waals surface area contributed by atoms with E-state index in [1.807, 2.05) is 38.1 Å². The van der Waals surface area contributed by atoms with Crippen LogP contribution in [0.3, 0.4) is 0 Å². The molecule has 1 heterocycles. The molecular formula is C17H24N2O3. The molecule has 2 rings (SSSR count). The van der Waals surface area contributed by atoms with E-state index in [9.17, 15) is 4.79 Å². The quantitative estimate of drug-likeness (QED) is 0.844. The molecule has 1 aromatic rings. The van der Waals surface area contributed by atoms with Crippen molar-refractivity contribution in [2.45, 2.75) is 32.2 Å². The summed E-state index contributed by atoms with van der Waals surface area (Å²) in [4.78, 5) is 12.3. The van der Waals surface area contributed by atoms with Crippen LogP contribution in [0, 0.1) is 0 Å². The summed E-state index contributed by atoms with van der Waals surface area (Å²) in [5.41, 5.74) is 7.29. The Kier molecular flexibility index (Phi) is 5.08. The summed E-state index contributed by atoms with van der Waals surface area (Å²) in [7, 11) is 1.61. The van der Waals surface area contributed by atoms with Crippen LogP contribution in [0.2, 0.25) is 0 Å². The number of methoxy groups -OCH3 is 1. The van der Waals surface area contributed by atoms with Crippen molar-refractivity contribution in [3.05, 3.63) is 29.3 Å². The molecule has 120 valence electrons. The summed E-state index contributed by atoms with van der Waals surface area (Å²) in [6.07, 6.45) is 3.48. The van der Waals surface area contributed by atoms with Crippen LogP contribution in [-0.4, -0.2) is 31.7 Å². The fourth-order valence-corrected chi connectivity index (χ4v) is 2.28. The summed E-state index contributed by atoms with van der Waals surface area (Å²) < 4.78 is 10.8. The van der Waals surface area contributed by atoms with Crippen molar-refractivity contribution in [3.8, 4) is 11.5 Å². The van der Waals surface area contributed by atoms with Crippen molar-refractivity contribution in [2.75, 3.05) is 20.3 Å². The van der Waals surface area contributed by atoms with E-state index in [4.69, 9.17) is 15.2 Å². The number of rotatable bonds is 6. The van der Waals surface area contributed by atoms with E-state index in [0.29, 0.717) is 12.1 Å². The summed E-state index contributed by atoms with van der Waals surface area (Å²) in [6.45, 7) is 4.78. The second-order valence-electron chi connectivity index (χ2n) is 5.61. The predicted molar refractivity (Wildman–Crippen MR) is 87.0 cm³/mol. The van der Waals surface area contributed by atoms with Gasteiger partial charge in [0.25, 0.3) is 5.91 Å². The van der Waals surface area contributed by atoms with E-state index in [1.165, 1.54) is 0 Å². The Bertz CT molecular complexity index is 577. The van der Waals surface area contributed by atoms with Gasteiger partial charge in [-0.1, -0.05) is 13.8 Å². The summed E-state index contributed by atoms with van der Waals surface area (Å²) in [5, 5.41) is 2.91. The van der Waals surface area contributed by atoms with Gasteiger partial charge in [-0.05, 0) is 37.1 Å². The van der Waals surface area contributed by atoms with Gasteiger partial charge in [0.2, 0.25) is 0 Å². The Balaban J connectivity index is 2.09. The number of nitrogens with one attached hydrogen (secondary N) is 1. The van der Waals surface area contributed by atoms with E-state index in [1.54, 1.807) is 7.11 Å². The lowest BCUT2D eigenvalue weighted by atomic mass is 9.94. The highest BCUT2D eigenvalue weighted by Crippen LogP contribution is 2.29. The average Bonchev–Trinajstić information content (AvgIpc) is 2.58. The second kappa shape index (κ2) is 6.83. The van der Waals surface area contributed by atoms with Crippen molar-refractivity contribution in [1.29, 1.82) is 0 Å². The molecule has 0 spiro atoms. The minimum atomic E-state index is -0.354. The molecule has 0 saturated carbocycles. The molecule has 0 radical (unpaired) electrons. The Morgan fingerprint density at radius 2 is 2.14 bits per heavy atom. The van der Waals surface area contributed by atoms with E-state index >= 15 is 0 Å². The Morgan fingerprint density at radius 1 is 1.41 bits per heavy atom. The van der Waals surface area contributed by atoms with Crippen LogP contribution in [0.4, 0.5) is 0 Å². The molecule has 5 nitrogen and oxygen atoms in total. The van der Waals surface area contributed by atoms with Crippen LogP contribution in [0.25, 0.3) is 6.08 Å². The van der Waals surface area contributed by atoms with Gasteiger partial charge >= 0.3 is 0 Å². The number of nitrogens with two attached hydrogens (primary N) is 1. The van der Waals surface area contributed by atoms with Gasteiger partial charge in [-0.15, -0.1) is 0 Å². The Hall–Kier alpha value is -2.01. The first-order valence-corrected chi connectivity index (χ1v) is 7.60. The second-order valence-corrected chi connectivity index (χ2v) is 5.61. The number of amides is 1. The molecule has 5 heteroatoms. The van der Waals surface area contributed by atoms with Gasteiger partial charge in [0.1, 0.15) is 18.1 Å². The number of ether oxygens (including phenoxy) is 2. The normalized spacial score (nSPS) is 13.7. The predicted octanol–water partition coefficient (Wildman–Crippen LogP) is 2.10. The summed E-state index contributed by atoms with van der Waals surface area (Å²) in [6, 6.07) is 5.54. The molecule has 1 aliphatic rings. The van der Waals surface area contributed by atoms with Gasteiger partial charge in [0.15, 0.2) is 0 Å². The number of hydrogen-bond donors (Lipinski definition) is 2. The van der Waals surface area contributed by atoms with Crippen LogP contribution >= 0.6 is 0 Å². The van der Waals surface area contributed by atoms with Crippen LogP contribution < -0.4 is 20.5 Å². The van der Waals surface area contributed by atoms with Gasteiger partial charge < -0.3 is 20.5 Å². The number of hydrogen-bond acceptors (Lipinski definition) is 4. The minimum Gasteiger partial charge on any atom is -0.497 e. The fourth-order valence-electron chi connectivity index (χ4n) is 2.28. The lowest BCUT2D eigenvalue weighted by Gasteiger charge is -2.27. The highest BCUT2D eigenvalue weighted by atomic mass is 16.5. The van der Waals surface area contributed by atoms with Crippen molar-refractivity contribution >= 4 is 12.0 Å². The highest BCUT2D eigenvalue weighted by Gasteiger charge is 2.23. The van der Waals surface area contributed by atoms with Crippen LogP contribution in [0.5, 0.6) is 11.5 Å². The van der Waals surface area contributed by atoms with Crippen molar-refractivity contribution in [3.63, 3.8) is 0 Å². The average molecular weight is 304 g/mol. The maximum absolute atomic E-state index is 12.3. The van der Waals surface area contributed by atoms with Gasteiger partial charge in [-0.25, -0.2) is 0 Å². The third kappa shape index (κ3) is 3.60. The molecule has 3 N–H and O–H groups in total. The van der Waals surface area contributed by atoms with Gasteiger partial charge in [0.05, 0.1) is 12.7 Å². The lowest BCUT2D eigenvalue weighted by molar-refractivity contribution is -0.118. The molecule has 22 heavy (non-hydrogen) atoms. The highest BCUT2D eigenvalue weighted by molar-refractivity contribution is 5.99. The third-order valence-electron chi connectivity index (χ3n) is 4.23. The number of fused-ring (bicyclic) bond motifs is 1. The van der Waals surface area contributed by atoms with Crippen molar-refractivity contribution < 1.29 is 14.3 Å². The van der Waals surface area contributed by atoms with Gasteiger partial charge in [-0.3, -0.25) is 4.79 Å². The fraction of sp³-hybridized carbons (Fsp3) is 0.471. The molecule has 1 aromatic carbocycles. The minimum absolute atomic E-state index is 0.134. The smallest absolute Gasteiger partial charge is 0.250 e. The molecule has 0 fully saturated rings. The zero-order valence-electron chi connectivity index (χ0n) is 13.4. The molecule has 0 unspecified atom stereocenters. The monoisotopic (exact) mass is 304 g/mol. The molecule has 0 aliphatic carbocycles. The number of carbonyl (C=O) groups excluding carboxylic acids is 1. The topological polar surface area (TPSA) is 73.6 Å². The maximum Gasteiger partial charge on any atom is 0.250 e. The van der Waals surface area contributed by atoms with Gasteiger partial charge in [0, 0.05) is 17.6 Å². The molecule has 0 aromatic heterocycles. The Morgan fingerprint density at radius 3 is 2.77 bits per heavy atom. The SMILES string of the molecule is CCC(N)(CC)CNC(=O)C1=Cc2cc(OC)ccc2OC1. The lowest BCUT2D eigenvalue weighted by Crippen LogP contribution is -2.49. The molecule has 0 bridgehead atoms. The van der Waals surface area contributed by atoms with Crippen molar-refractivity contribution in [2.24, 2.45) is 5.73 Å². The zero-order valence-corrected chi connectivity index (χ0v) is 13.4. The molecular weight excluding hydrogens is 280 g/mol. The molecule has 0 saturated heterocycles. The number of carbonyl (C=O) groups is 1. The van der Waals surface area contributed by atoms with Crippen LogP contribution in [-0.2, 0) is 4.79 Å². The van der Waals surface area contributed by atoms with Gasteiger partial charge in [-0.2, -0.15) is 0 Å². The molecule has 1 amide bonds. The molecule has 0 atom stereocenters. The van der Waals surface area contributed by atoms with E-state index < -0.39 is 0 Å². The summed E-state index contributed by atoms with van der Waals surface area (Å²) in [5.74, 6) is 1.36. The van der Waals surface area contributed by atoms with Crippen LogP contribution in [0.15, 0.2) is 23.8 Å². The van der Waals surface area contributed by atoms with E-state index in [2.05, 4.69) is 5.32 Å². The van der Waals surface area contributed by atoms with Crippen molar-refractivity contribution in [1.82, 2.24) is 5.32 Å². The standard InChI is InChI=1S/C17H24N2O3/c1-4-17(18,5-2)11-19-16(20)13-8-12-9-14(21-3)6-7-15(12)22-10-13/h6-9H,4-5,10-11,18H2,1-3H3,(H,19,20). The maximum atomic E-state index is 12.3. The molecule has 1 aliphatic heterocycles.